The van der Waals surface area contributed by atoms with E-state index in [0.717, 1.165) is 44.4 Å². The van der Waals surface area contributed by atoms with E-state index >= 15 is 0 Å². The Morgan fingerprint density at radius 3 is 3.00 bits per heavy atom. The minimum atomic E-state index is 0.235. The van der Waals surface area contributed by atoms with Crippen LogP contribution in [0.5, 0.6) is 5.75 Å². The fourth-order valence-electron chi connectivity index (χ4n) is 2.93. The number of hydrogen-bond acceptors (Lipinski definition) is 2. The van der Waals surface area contributed by atoms with Gasteiger partial charge in [-0.15, -0.1) is 0 Å². The topological polar surface area (TPSA) is 29.5 Å². The number of likely N-dealkylation sites (tertiary alicyclic amines) is 1. The van der Waals surface area contributed by atoms with Gasteiger partial charge in [0, 0.05) is 13.0 Å². The normalized spacial score (nSPS) is 18.3. The highest BCUT2D eigenvalue weighted by atomic mass is 16.5. The molecule has 1 aromatic carbocycles. The second kappa shape index (κ2) is 7.32. The Morgan fingerprint density at radius 1 is 1.40 bits per heavy atom. The van der Waals surface area contributed by atoms with Crippen LogP contribution in [0, 0.1) is 0 Å². The van der Waals surface area contributed by atoms with Crippen molar-refractivity contribution in [1.29, 1.82) is 0 Å². The van der Waals surface area contributed by atoms with Crippen molar-refractivity contribution in [2.45, 2.75) is 51.5 Å². The SMILES string of the molecule is CCCCCC(=O)N1CCCC1c1cccc(OC)c1. The molecule has 0 spiro atoms. The molecule has 0 saturated carbocycles. The summed E-state index contributed by atoms with van der Waals surface area (Å²) in [4.78, 5) is 14.4. The Hall–Kier alpha value is -1.51. The number of carbonyl (C=O) groups is 1. The van der Waals surface area contributed by atoms with E-state index in [4.69, 9.17) is 4.74 Å². The predicted molar refractivity (Wildman–Crippen MR) is 80.8 cm³/mol. The fraction of sp³-hybridized carbons (Fsp3) is 0.588. The van der Waals surface area contributed by atoms with Crippen LogP contribution in [0.15, 0.2) is 24.3 Å². The molecule has 1 aromatic rings. The third-order valence-corrected chi connectivity index (χ3v) is 4.05. The highest BCUT2D eigenvalue weighted by molar-refractivity contribution is 5.77. The van der Waals surface area contributed by atoms with Crippen molar-refractivity contribution in [3.63, 3.8) is 0 Å². The van der Waals surface area contributed by atoms with Crippen LogP contribution >= 0.6 is 0 Å². The van der Waals surface area contributed by atoms with Gasteiger partial charge in [0.15, 0.2) is 0 Å². The standard InChI is InChI=1S/C17H25NO2/c1-3-4-5-11-17(19)18-12-7-10-16(18)14-8-6-9-15(13-14)20-2/h6,8-9,13,16H,3-5,7,10-12H2,1-2H3. The average Bonchev–Trinajstić information content (AvgIpc) is 2.97. The molecule has 0 aromatic heterocycles. The summed E-state index contributed by atoms with van der Waals surface area (Å²) in [6.07, 6.45) is 6.16. The van der Waals surface area contributed by atoms with Crippen LogP contribution in [0.2, 0.25) is 0 Å². The Labute approximate surface area is 121 Å². The van der Waals surface area contributed by atoms with Crippen LogP contribution in [-0.4, -0.2) is 24.5 Å². The molecule has 3 nitrogen and oxygen atoms in total. The number of methoxy groups -OCH3 is 1. The molecule has 20 heavy (non-hydrogen) atoms. The van der Waals surface area contributed by atoms with Gasteiger partial charge in [0.05, 0.1) is 13.2 Å². The smallest absolute Gasteiger partial charge is 0.223 e. The van der Waals surface area contributed by atoms with Crippen molar-refractivity contribution in [3.05, 3.63) is 29.8 Å². The minimum Gasteiger partial charge on any atom is -0.497 e. The highest BCUT2D eigenvalue weighted by Gasteiger charge is 2.29. The maximum Gasteiger partial charge on any atom is 0.223 e. The third-order valence-electron chi connectivity index (χ3n) is 4.05. The Bertz CT molecular complexity index is 444. The highest BCUT2D eigenvalue weighted by Crippen LogP contribution is 2.34. The molecule has 1 amide bonds. The molecule has 1 atom stereocenters. The lowest BCUT2D eigenvalue weighted by molar-refractivity contribution is -0.132. The molecule has 0 aliphatic carbocycles. The molecule has 1 saturated heterocycles. The Kier molecular flexibility index (Phi) is 5.45. The molecule has 1 unspecified atom stereocenters. The summed E-state index contributed by atoms with van der Waals surface area (Å²) < 4.78 is 5.29. The van der Waals surface area contributed by atoms with Gasteiger partial charge in [-0.2, -0.15) is 0 Å². The number of nitrogens with zero attached hydrogens (tertiary/aromatic N) is 1. The van der Waals surface area contributed by atoms with Crippen molar-refractivity contribution in [3.8, 4) is 5.75 Å². The van der Waals surface area contributed by atoms with Crippen LogP contribution in [0.4, 0.5) is 0 Å². The largest absolute Gasteiger partial charge is 0.497 e. The Balaban J connectivity index is 2.04. The summed E-state index contributed by atoms with van der Waals surface area (Å²) in [5.41, 5.74) is 1.20. The fourth-order valence-corrected chi connectivity index (χ4v) is 2.93. The van der Waals surface area contributed by atoms with E-state index in [1.165, 1.54) is 5.56 Å². The van der Waals surface area contributed by atoms with Crippen LogP contribution in [0.3, 0.4) is 0 Å². The molecule has 1 heterocycles. The zero-order valence-electron chi connectivity index (χ0n) is 12.6. The lowest BCUT2D eigenvalue weighted by Crippen LogP contribution is -2.30. The maximum absolute atomic E-state index is 12.4. The van der Waals surface area contributed by atoms with E-state index in [1.54, 1.807) is 7.11 Å². The van der Waals surface area contributed by atoms with Crippen molar-refractivity contribution in [2.75, 3.05) is 13.7 Å². The van der Waals surface area contributed by atoms with Crippen molar-refractivity contribution in [1.82, 2.24) is 4.90 Å². The molecular formula is C17H25NO2. The van der Waals surface area contributed by atoms with Crippen molar-refractivity contribution in [2.24, 2.45) is 0 Å². The average molecular weight is 275 g/mol. The van der Waals surface area contributed by atoms with Gasteiger partial charge in [-0.05, 0) is 37.0 Å². The monoisotopic (exact) mass is 275 g/mol. The van der Waals surface area contributed by atoms with Crippen LogP contribution < -0.4 is 4.74 Å². The number of amides is 1. The third kappa shape index (κ3) is 3.53. The van der Waals surface area contributed by atoms with E-state index in [0.29, 0.717) is 12.3 Å². The van der Waals surface area contributed by atoms with Gasteiger partial charge >= 0.3 is 0 Å². The van der Waals surface area contributed by atoms with E-state index in [1.807, 2.05) is 12.1 Å². The first-order valence-corrected chi connectivity index (χ1v) is 7.69. The van der Waals surface area contributed by atoms with Crippen LogP contribution in [-0.2, 0) is 4.79 Å². The molecule has 1 aliphatic heterocycles. The summed E-state index contributed by atoms with van der Waals surface area (Å²) in [5, 5.41) is 0. The summed E-state index contributed by atoms with van der Waals surface area (Å²) in [6, 6.07) is 8.35. The molecule has 1 fully saturated rings. The summed E-state index contributed by atoms with van der Waals surface area (Å²) in [5.74, 6) is 1.18. The second-order valence-corrected chi connectivity index (χ2v) is 5.48. The molecule has 0 radical (unpaired) electrons. The number of hydrogen-bond donors (Lipinski definition) is 0. The minimum absolute atomic E-state index is 0.235. The lowest BCUT2D eigenvalue weighted by Gasteiger charge is -2.25. The van der Waals surface area contributed by atoms with Gasteiger partial charge in [0.25, 0.3) is 0 Å². The second-order valence-electron chi connectivity index (χ2n) is 5.48. The van der Waals surface area contributed by atoms with E-state index in [-0.39, 0.29) is 6.04 Å². The van der Waals surface area contributed by atoms with Crippen LogP contribution in [0.1, 0.15) is 57.1 Å². The summed E-state index contributed by atoms with van der Waals surface area (Å²) >= 11 is 0. The molecule has 110 valence electrons. The molecular weight excluding hydrogens is 250 g/mol. The quantitative estimate of drug-likeness (QED) is 0.736. The molecule has 1 aliphatic rings. The molecule has 2 rings (SSSR count). The van der Waals surface area contributed by atoms with E-state index in [9.17, 15) is 4.79 Å². The van der Waals surface area contributed by atoms with Gasteiger partial charge in [-0.25, -0.2) is 0 Å². The first-order valence-electron chi connectivity index (χ1n) is 7.69. The summed E-state index contributed by atoms with van der Waals surface area (Å²) in [6.45, 7) is 3.06. The number of benzene rings is 1. The van der Waals surface area contributed by atoms with Crippen LogP contribution in [0.25, 0.3) is 0 Å². The number of carbonyl (C=O) groups excluding carboxylic acids is 1. The first kappa shape index (κ1) is 14.9. The van der Waals surface area contributed by atoms with E-state index < -0.39 is 0 Å². The summed E-state index contributed by atoms with van der Waals surface area (Å²) in [7, 11) is 1.68. The van der Waals surface area contributed by atoms with Gasteiger partial charge in [0.2, 0.25) is 5.91 Å². The zero-order valence-corrected chi connectivity index (χ0v) is 12.6. The number of rotatable bonds is 6. The molecule has 0 bridgehead atoms. The maximum atomic E-state index is 12.4. The molecule has 0 N–H and O–H groups in total. The van der Waals surface area contributed by atoms with Gasteiger partial charge in [-0.3, -0.25) is 4.79 Å². The lowest BCUT2D eigenvalue weighted by atomic mass is 10.0. The predicted octanol–water partition coefficient (Wildman–Crippen LogP) is 3.94. The zero-order chi connectivity index (χ0) is 14.4. The van der Waals surface area contributed by atoms with Gasteiger partial charge < -0.3 is 9.64 Å². The first-order chi connectivity index (χ1) is 9.76. The van der Waals surface area contributed by atoms with E-state index in [2.05, 4.69) is 24.0 Å². The van der Waals surface area contributed by atoms with Gasteiger partial charge in [0.1, 0.15) is 5.75 Å². The number of ether oxygens (including phenoxy) is 1. The van der Waals surface area contributed by atoms with Crippen molar-refractivity contribution >= 4 is 5.91 Å². The Morgan fingerprint density at radius 2 is 2.25 bits per heavy atom. The molecule has 3 heteroatoms. The van der Waals surface area contributed by atoms with Crippen molar-refractivity contribution < 1.29 is 9.53 Å². The van der Waals surface area contributed by atoms with Gasteiger partial charge in [-0.1, -0.05) is 31.9 Å². The number of unbranched alkanes of at least 4 members (excludes halogenated alkanes) is 2.